The Morgan fingerprint density at radius 1 is 1.00 bits per heavy atom. The van der Waals surface area contributed by atoms with Gasteiger partial charge in [0, 0.05) is 12.6 Å². The van der Waals surface area contributed by atoms with Crippen LogP contribution in [-0.4, -0.2) is 13.2 Å². The van der Waals surface area contributed by atoms with E-state index in [2.05, 4.69) is 48.6 Å². The number of hydrogen-bond donors (Lipinski definition) is 1. The van der Waals surface area contributed by atoms with E-state index in [1.807, 2.05) is 12.1 Å². The maximum absolute atomic E-state index is 5.62. The molecule has 0 radical (unpaired) electrons. The zero-order chi connectivity index (χ0) is 13.8. The van der Waals surface area contributed by atoms with Crippen molar-refractivity contribution in [2.24, 2.45) is 0 Å². The quantitative estimate of drug-likeness (QED) is 0.923. The van der Waals surface area contributed by atoms with E-state index in [1.165, 1.54) is 11.1 Å². The number of nitrogens with one attached hydrogen (secondary N) is 1. The molecule has 104 valence electrons. The molecule has 0 spiro atoms. The Kier molecular flexibility index (Phi) is 3.88. The summed E-state index contributed by atoms with van der Waals surface area (Å²) in [5, 5.41) is 3.53. The predicted octanol–water partition coefficient (Wildman–Crippen LogP) is 3.31. The van der Waals surface area contributed by atoms with Crippen molar-refractivity contribution in [3.63, 3.8) is 0 Å². The highest BCUT2D eigenvalue weighted by molar-refractivity contribution is 5.44. The van der Waals surface area contributed by atoms with Crippen LogP contribution in [0.2, 0.25) is 0 Å². The van der Waals surface area contributed by atoms with Gasteiger partial charge in [-0.25, -0.2) is 0 Å². The molecule has 0 aromatic heterocycles. The predicted molar refractivity (Wildman–Crippen MR) is 79.1 cm³/mol. The summed E-state index contributed by atoms with van der Waals surface area (Å²) >= 11 is 0. The van der Waals surface area contributed by atoms with E-state index in [1.54, 1.807) is 0 Å². The van der Waals surface area contributed by atoms with Crippen LogP contribution in [0.15, 0.2) is 48.5 Å². The van der Waals surface area contributed by atoms with Gasteiger partial charge in [0.25, 0.3) is 0 Å². The van der Waals surface area contributed by atoms with E-state index in [0.29, 0.717) is 13.2 Å². The summed E-state index contributed by atoms with van der Waals surface area (Å²) in [6.45, 7) is 4.28. The van der Waals surface area contributed by atoms with Crippen molar-refractivity contribution in [2.45, 2.75) is 19.5 Å². The van der Waals surface area contributed by atoms with Gasteiger partial charge in [0.1, 0.15) is 13.2 Å². The van der Waals surface area contributed by atoms with Gasteiger partial charge in [-0.2, -0.15) is 0 Å². The molecule has 0 saturated heterocycles. The van der Waals surface area contributed by atoms with E-state index < -0.39 is 0 Å². The molecular formula is C17H19NO2. The van der Waals surface area contributed by atoms with Crippen LogP contribution in [0, 0.1) is 0 Å². The Bertz CT molecular complexity index is 568. The molecule has 20 heavy (non-hydrogen) atoms. The third kappa shape index (κ3) is 2.94. The maximum Gasteiger partial charge on any atom is 0.161 e. The number of rotatable bonds is 4. The minimum atomic E-state index is 0.269. The third-order valence-electron chi connectivity index (χ3n) is 3.52. The zero-order valence-electron chi connectivity index (χ0n) is 11.6. The van der Waals surface area contributed by atoms with E-state index in [-0.39, 0.29) is 6.04 Å². The molecule has 0 fully saturated rings. The van der Waals surface area contributed by atoms with Gasteiger partial charge in [-0.1, -0.05) is 36.4 Å². The number of fused-ring (bicyclic) bond motifs is 1. The second-order valence-electron chi connectivity index (χ2n) is 4.99. The van der Waals surface area contributed by atoms with Crippen LogP contribution in [0.3, 0.4) is 0 Å². The smallest absolute Gasteiger partial charge is 0.161 e. The Morgan fingerprint density at radius 2 is 1.75 bits per heavy atom. The van der Waals surface area contributed by atoms with Gasteiger partial charge >= 0.3 is 0 Å². The second kappa shape index (κ2) is 5.97. The number of benzene rings is 2. The number of hydrogen-bond acceptors (Lipinski definition) is 3. The molecule has 0 aliphatic carbocycles. The Labute approximate surface area is 119 Å². The topological polar surface area (TPSA) is 30.5 Å². The van der Waals surface area contributed by atoms with Gasteiger partial charge in [-0.15, -0.1) is 0 Å². The lowest BCUT2D eigenvalue weighted by atomic mass is 10.1. The molecule has 0 saturated carbocycles. The molecule has 3 heteroatoms. The Morgan fingerprint density at radius 3 is 2.55 bits per heavy atom. The van der Waals surface area contributed by atoms with E-state index >= 15 is 0 Å². The first-order chi connectivity index (χ1) is 9.83. The summed E-state index contributed by atoms with van der Waals surface area (Å²) in [6, 6.07) is 16.8. The van der Waals surface area contributed by atoms with Crippen LogP contribution >= 0.6 is 0 Å². The largest absolute Gasteiger partial charge is 0.486 e. The Hall–Kier alpha value is -2.00. The first kappa shape index (κ1) is 13.0. The molecule has 1 heterocycles. The minimum absolute atomic E-state index is 0.269. The molecule has 2 aromatic rings. The highest BCUT2D eigenvalue weighted by Gasteiger charge is 2.14. The van der Waals surface area contributed by atoms with Crippen molar-refractivity contribution < 1.29 is 9.47 Å². The second-order valence-corrected chi connectivity index (χ2v) is 4.99. The molecule has 0 amide bonds. The highest BCUT2D eigenvalue weighted by atomic mass is 16.6. The molecule has 1 unspecified atom stereocenters. The summed E-state index contributed by atoms with van der Waals surface area (Å²) in [4.78, 5) is 0. The van der Waals surface area contributed by atoms with Crippen LogP contribution in [0.4, 0.5) is 0 Å². The minimum Gasteiger partial charge on any atom is -0.486 e. The van der Waals surface area contributed by atoms with Crippen LogP contribution in [0.25, 0.3) is 0 Å². The van der Waals surface area contributed by atoms with Crippen LogP contribution < -0.4 is 14.8 Å². The lowest BCUT2D eigenvalue weighted by Gasteiger charge is -2.21. The normalized spacial score (nSPS) is 14.8. The van der Waals surface area contributed by atoms with Gasteiger partial charge in [0.2, 0.25) is 0 Å². The number of ether oxygens (including phenoxy) is 2. The molecule has 0 bridgehead atoms. The summed E-state index contributed by atoms with van der Waals surface area (Å²) in [7, 11) is 0. The van der Waals surface area contributed by atoms with Crippen molar-refractivity contribution >= 4 is 0 Å². The van der Waals surface area contributed by atoms with Crippen LogP contribution in [0.1, 0.15) is 24.1 Å². The summed E-state index contributed by atoms with van der Waals surface area (Å²) in [5.41, 5.74) is 2.50. The average Bonchev–Trinajstić information content (AvgIpc) is 2.53. The lowest BCUT2D eigenvalue weighted by Crippen LogP contribution is -2.19. The Balaban J connectivity index is 1.66. The molecule has 3 nitrogen and oxygen atoms in total. The lowest BCUT2D eigenvalue weighted by molar-refractivity contribution is 0.171. The van der Waals surface area contributed by atoms with Gasteiger partial charge in [-0.3, -0.25) is 0 Å². The van der Waals surface area contributed by atoms with Crippen molar-refractivity contribution in [3.8, 4) is 11.5 Å². The van der Waals surface area contributed by atoms with Gasteiger partial charge in [-0.05, 0) is 30.2 Å². The van der Waals surface area contributed by atoms with Gasteiger partial charge in [0.15, 0.2) is 11.5 Å². The summed E-state index contributed by atoms with van der Waals surface area (Å²) < 4.78 is 11.2. The van der Waals surface area contributed by atoms with Crippen molar-refractivity contribution in [3.05, 3.63) is 59.7 Å². The molecule has 1 N–H and O–H groups in total. The average molecular weight is 269 g/mol. The monoisotopic (exact) mass is 269 g/mol. The molecule has 3 rings (SSSR count). The highest BCUT2D eigenvalue weighted by Crippen LogP contribution is 2.32. The zero-order valence-corrected chi connectivity index (χ0v) is 11.6. The van der Waals surface area contributed by atoms with E-state index in [4.69, 9.17) is 9.47 Å². The standard InChI is InChI=1S/C17H19NO2/c1-13(18-12-14-5-3-2-4-6-14)15-7-8-16-17(11-15)20-10-9-19-16/h2-8,11,13,18H,9-10,12H2,1H3. The molecule has 1 aliphatic rings. The molecular weight excluding hydrogens is 250 g/mol. The van der Waals surface area contributed by atoms with E-state index in [9.17, 15) is 0 Å². The van der Waals surface area contributed by atoms with E-state index in [0.717, 1.165) is 18.0 Å². The van der Waals surface area contributed by atoms with Gasteiger partial charge in [0.05, 0.1) is 0 Å². The van der Waals surface area contributed by atoms with Crippen LogP contribution in [0.5, 0.6) is 11.5 Å². The molecule has 1 atom stereocenters. The maximum atomic E-state index is 5.62. The van der Waals surface area contributed by atoms with Crippen molar-refractivity contribution in [2.75, 3.05) is 13.2 Å². The SMILES string of the molecule is CC(NCc1ccccc1)c1ccc2c(c1)OCCO2. The fourth-order valence-electron chi connectivity index (χ4n) is 2.31. The van der Waals surface area contributed by atoms with Crippen molar-refractivity contribution in [1.82, 2.24) is 5.32 Å². The first-order valence-corrected chi connectivity index (χ1v) is 7.00. The van der Waals surface area contributed by atoms with Crippen molar-refractivity contribution in [1.29, 1.82) is 0 Å². The fraction of sp³-hybridized carbons (Fsp3) is 0.294. The molecule has 2 aromatic carbocycles. The first-order valence-electron chi connectivity index (χ1n) is 7.00. The van der Waals surface area contributed by atoms with Gasteiger partial charge < -0.3 is 14.8 Å². The van der Waals surface area contributed by atoms with Crippen LogP contribution in [-0.2, 0) is 6.54 Å². The third-order valence-corrected chi connectivity index (χ3v) is 3.52. The molecule has 1 aliphatic heterocycles. The summed E-state index contributed by atoms with van der Waals surface area (Å²) in [6.07, 6.45) is 0. The summed E-state index contributed by atoms with van der Waals surface area (Å²) in [5.74, 6) is 1.69. The fourth-order valence-corrected chi connectivity index (χ4v) is 2.31.